The maximum atomic E-state index is 13.4. The molecule has 1 aromatic carbocycles. The van der Waals surface area contributed by atoms with Crippen molar-refractivity contribution in [2.24, 2.45) is 0 Å². The molecular weight excluding hydrogens is 502 g/mol. The summed E-state index contributed by atoms with van der Waals surface area (Å²) in [7, 11) is 0. The summed E-state index contributed by atoms with van der Waals surface area (Å²) in [5, 5.41) is 16.0. The van der Waals surface area contributed by atoms with E-state index in [0.29, 0.717) is 24.1 Å². The first kappa shape index (κ1) is 25.1. The van der Waals surface area contributed by atoms with Crippen molar-refractivity contribution in [3.8, 4) is 11.5 Å². The van der Waals surface area contributed by atoms with Crippen LogP contribution in [0.2, 0.25) is 0 Å². The van der Waals surface area contributed by atoms with E-state index in [1.54, 1.807) is 26.0 Å². The molecular formula is C25H22F2N6O5. The first-order chi connectivity index (χ1) is 18.1. The van der Waals surface area contributed by atoms with Crippen LogP contribution in [0, 0.1) is 0 Å². The number of carbonyl (C=O) groups is 3. The third-order valence-corrected chi connectivity index (χ3v) is 6.68. The lowest BCUT2D eigenvalue weighted by Crippen LogP contribution is -2.51. The summed E-state index contributed by atoms with van der Waals surface area (Å²) < 4.78 is 30.3. The van der Waals surface area contributed by atoms with E-state index < -0.39 is 35.6 Å². The van der Waals surface area contributed by atoms with E-state index in [0.717, 1.165) is 16.0 Å². The number of hydrogen-bond acceptors (Lipinski definition) is 8. The Hall–Kier alpha value is -4.55. The van der Waals surface area contributed by atoms with Crippen molar-refractivity contribution >= 4 is 23.5 Å². The molecule has 0 saturated heterocycles. The predicted molar refractivity (Wildman–Crippen MR) is 127 cm³/mol. The first-order valence-corrected chi connectivity index (χ1v) is 11.7. The van der Waals surface area contributed by atoms with Gasteiger partial charge < -0.3 is 14.4 Å². The molecule has 2 aliphatic rings. The van der Waals surface area contributed by atoms with Crippen LogP contribution in [0.5, 0.6) is 0 Å². The fraction of sp³-hybridized carbons (Fsp3) is 0.320. The third kappa shape index (κ3) is 4.40. The number of rotatable bonds is 5. The van der Waals surface area contributed by atoms with Crippen LogP contribution in [0.3, 0.4) is 0 Å². The Morgan fingerprint density at radius 3 is 2.50 bits per heavy atom. The van der Waals surface area contributed by atoms with Gasteiger partial charge in [0.15, 0.2) is 0 Å². The fourth-order valence-corrected chi connectivity index (χ4v) is 4.51. The summed E-state index contributed by atoms with van der Waals surface area (Å²) >= 11 is 0. The van der Waals surface area contributed by atoms with Crippen molar-refractivity contribution in [2.75, 3.05) is 13.1 Å². The van der Waals surface area contributed by atoms with Gasteiger partial charge in [-0.05, 0) is 49.1 Å². The van der Waals surface area contributed by atoms with Gasteiger partial charge >= 0.3 is 12.5 Å². The van der Waals surface area contributed by atoms with Crippen LogP contribution in [-0.2, 0) is 16.8 Å². The summed E-state index contributed by atoms with van der Waals surface area (Å²) in [6, 6.07) is 5.30. The average Bonchev–Trinajstić information content (AvgIpc) is 3.41. The van der Waals surface area contributed by atoms with Crippen LogP contribution in [0.4, 0.5) is 13.6 Å². The Labute approximate surface area is 214 Å². The standard InChI is InChI=1S/C25H22F2N6O5/c1-25(2)17-9-14(13-5-7-32(8-6-13)24(36)37)3-4-16(17)22(34)33(23(25)35)12-18-28-10-15(11-29-18)20-30-31-21(38-20)19(26)27/h3-5,9-11,19H,6-8,12H2,1-2H3,(H,36,37). The predicted octanol–water partition coefficient (Wildman–Crippen LogP) is 3.69. The smallest absolute Gasteiger partial charge is 0.407 e. The van der Waals surface area contributed by atoms with Gasteiger partial charge in [0.25, 0.3) is 17.7 Å². The molecule has 3 aromatic rings. The molecule has 0 unspecified atom stereocenters. The Bertz CT molecular complexity index is 1470. The summed E-state index contributed by atoms with van der Waals surface area (Å²) in [6.45, 7) is 3.92. The van der Waals surface area contributed by atoms with Gasteiger partial charge in [-0.25, -0.2) is 14.8 Å². The molecule has 3 amide bonds. The number of amides is 3. The molecule has 2 aromatic heterocycles. The van der Waals surface area contributed by atoms with E-state index in [9.17, 15) is 23.2 Å². The maximum absolute atomic E-state index is 13.4. The van der Waals surface area contributed by atoms with Crippen LogP contribution >= 0.6 is 0 Å². The number of benzene rings is 1. The van der Waals surface area contributed by atoms with Crippen molar-refractivity contribution in [2.45, 2.75) is 38.7 Å². The van der Waals surface area contributed by atoms with Gasteiger partial charge in [-0.15, -0.1) is 10.2 Å². The van der Waals surface area contributed by atoms with Crippen LogP contribution < -0.4 is 0 Å². The van der Waals surface area contributed by atoms with E-state index in [-0.39, 0.29) is 30.4 Å². The Kier molecular flexibility index (Phi) is 6.21. The lowest BCUT2D eigenvalue weighted by Gasteiger charge is -2.37. The zero-order valence-electron chi connectivity index (χ0n) is 20.4. The second kappa shape index (κ2) is 9.39. The molecule has 1 N–H and O–H groups in total. The number of halogens is 2. The van der Waals surface area contributed by atoms with Crippen LogP contribution in [0.15, 0.2) is 41.1 Å². The molecule has 0 spiro atoms. The summed E-state index contributed by atoms with van der Waals surface area (Å²) in [6.07, 6.45) is 1.07. The number of fused-ring (bicyclic) bond motifs is 1. The highest BCUT2D eigenvalue weighted by atomic mass is 19.3. The van der Waals surface area contributed by atoms with E-state index in [1.807, 2.05) is 12.1 Å². The molecule has 0 bridgehead atoms. The second-order valence-electron chi connectivity index (χ2n) is 9.42. The molecule has 196 valence electrons. The Morgan fingerprint density at radius 1 is 1.16 bits per heavy atom. The number of imide groups is 1. The maximum Gasteiger partial charge on any atom is 0.407 e. The third-order valence-electron chi connectivity index (χ3n) is 6.68. The van der Waals surface area contributed by atoms with Gasteiger partial charge in [-0.1, -0.05) is 12.1 Å². The molecule has 0 radical (unpaired) electrons. The molecule has 0 fully saturated rings. The molecule has 13 heteroatoms. The molecule has 11 nitrogen and oxygen atoms in total. The normalized spacial score (nSPS) is 17.0. The lowest BCUT2D eigenvalue weighted by atomic mass is 9.76. The van der Waals surface area contributed by atoms with E-state index in [4.69, 9.17) is 9.52 Å². The number of carbonyl (C=O) groups excluding carboxylic acids is 2. The van der Waals surface area contributed by atoms with Crippen molar-refractivity contribution in [3.05, 3.63) is 65.1 Å². The number of nitrogens with zero attached hydrogens (tertiary/aromatic N) is 6. The average molecular weight is 524 g/mol. The zero-order chi connectivity index (χ0) is 27.2. The van der Waals surface area contributed by atoms with E-state index in [2.05, 4.69) is 20.2 Å². The first-order valence-electron chi connectivity index (χ1n) is 11.7. The highest BCUT2D eigenvalue weighted by Gasteiger charge is 2.45. The minimum absolute atomic E-state index is 0.162. The van der Waals surface area contributed by atoms with Gasteiger partial charge in [0, 0.05) is 31.0 Å². The topological polar surface area (TPSA) is 143 Å². The number of alkyl halides is 2. The molecule has 2 aliphatic heterocycles. The van der Waals surface area contributed by atoms with E-state index in [1.165, 1.54) is 17.3 Å². The number of hydrogen-bond donors (Lipinski definition) is 1. The van der Waals surface area contributed by atoms with Crippen molar-refractivity contribution in [3.63, 3.8) is 0 Å². The van der Waals surface area contributed by atoms with Crippen LogP contribution in [0.1, 0.15) is 59.9 Å². The summed E-state index contributed by atoms with van der Waals surface area (Å²) in [5.41, 5.74) is 1.95. The van der Waals surface area contributed by atoms with Gasteiger partial charge in [0.2, 0.25) is 5.91 Å². The molecule has 4 heterocycles. The summed E-state index contributed by atoms with van der Waals surface area (Å²) in [4.78, 5) is 48.7. The SMILES string of the molecule is CC1(C)C(=O)N(Cc2ncc(-c3nnc(C(F)F)o3)cn2)C(=O)c2ccc(C3=CCN(C(=O)O)CC3)cc21. The van der Waals surface area contributed by atoms with Gasteiger partial charge in [0.1, 0.15) is 5.82 Å². The Morgan fingerprint density at radius 2 is 1.89 bits per heavy atom. The van der Waals surface area contributed by atoms with Crippen molar-refractivity contribution in [1.29, 1.82) is 0 Å². The fourth-order valence-electron chi connectivity index (χ4n) is 4.51. The minimum atomic E-state index is -2.91. The van der Waals surface area contributed by atoms with Crippen molar-refractivity contribution < 1.29 is 32.7 Å². The molecule has 0 aliphatic carbocycles. The number of aromatic nitrogens is 4. The zero-order valence-corrected chi connectivity index (χ0v) is 20.4. The number of carboxylic acid groups (broad SMARTS) is 1. The highest BCUT2D eigenvalue weighted by Crippen LogP contribution is 2.37. The van der Waals surface area contributed by atoms with Gasteiger partial charge in [-0.3, -0.25) is 14.5 Å². The van der Waals surface area contributed by atoms with Crippen molar-refractivity contribution in [1.82, 2.24) is 30.0 Å². The molecule has 0 saturated carbocycles. The Balaban J connectivity index is 1.38. The molecule has 5 rings (SSSR count). The molecule has 38 heavy (non-hydrogen) atoms. The highest BCUT2D eigenvalue weighted by molar-refractivity contribution is 6.13. The lowest BCUT2D eigenvalue weighted by molar-refractivity contribution is -0.134. The quantitative estimate of drug-likeness (QED) is 0.494. The van der Waals surface area contributed by atoms with E-state index >= 15 is 0 Å². The van der Waals surface area contributed by atoms with Crippen LogP contribution in [0.25, 0.3) is 17.0 Å². The second-order valence-corrected chi connectivity index (χ2v) is 9.42. The molecule has 0 atom stereocenters. The van der Waals surface area contributed by atoms with Crippen LogP contribution in [-0.4, -0.2) is 66.1 Å². The minimum Gasteiger partial charge on any atom is -0.465 e. The van der Waals surface area contributed by atoms with Gasteiger partial charge in [-0.2, -0.15) is 8.78 Å². The largest absolute Gasteiger partial charge is 0.465 e. The monoisotopic (exact) mass is 524 g/mol. The van der Waals surface area contributed by atoms with Gasteiger partial charge in [0.05, 0.1) is 17.5 Å². The summed E-state index contributed by atoms with van der Waals surface area (Å²) in [5.74, 6) is -1.74.